The molecule has 0 N–H and O–H groups in total. The lowest BCUT2D eigenvalue weighted by molar-refractivity contribution is 1.27. The highest BCUT2D eigenvalue weighted by Gasteiger charge is 2.24. The van der Waals surface area contributed by atoms with E-state index < -0.39 is 0 Å². The minimum Gasteiger partial charge on any atom is -0.311 e. The molecule has 2 heteroatoms. The monoisotopic (exact) mass is 726 g/mol. The van der Waals surface area contributed by atoms with Gasteiger partial charge in [0.2, 0.25) is 0 Å². The number of para-hydroxylation sites is 2. The molecule has 0 radical (unpaired) electrons. The van der Waals surface area contributed by atoms with Gasteiger partial charge in [-0.3, -0.25) is 4.99 Å². The van der Waals surface area contributed by atoms with Gasteiger partial charge in [0.25, 0.3) is 0 Å². The van der Waals surface area contributed by atoms with Crippen LogP contribution in [0.4, 0.5) is 22.7 Å². The molecule has 0 fully saturated rings. The Morgan fingerprint density at radius 1 is 0.333 bits per heavy atom. The Morgan fingerprint density at radius 2 is 0.877 bits per heavy atom. The lowest BCUT2D eigenvalue weighted by Crippen LogP contribution is -2.09. The van der Waals surface area contributed by atoms with Crippen LogP contribution in [-0.4, -0.2) is 5.71 Å². The van der Waals surface area contributed by atoms with Gasteiger partial charge in [0.1, 0.15) is 0 Å². The highest BCUT2D eigenvalue weighted by molar-refractivity contribution is 6.09. The molecule has 2 nitrogen and oxygen atoms in total. The Labute approximate surface area is 333 Å². The highest BCUT2D eigenvalue weighted by Crippen LogP contribution is 2.46. The van der Waals surface area contributed by atoms with Gasteiger partial charge in [-0.15, -0.1) is 0 Å². The fourth-order valence-corrected chi connectivity index (χ4v) is 8.90. The standard InChI is InChI=1S/C55H38N2/c1-3-11-37(12-4-1)38-23-28-47(29-24-38)57(46-14-5-2-6-15-46)48-30-25-40(26-31-48)52-35-45-34-44-33-42(27-32-49(44)55(45)51-17-9-8-16-50(51)52)39-19-21-41(22-20-39)54-36-43-13-7-10-18-53(43)56-54/h1-33,35H,34,36H2. The Balaban J connectivity index is 0.904. The van der Waals surface area contributed by atoms with Gasteiger partial charge < -0.3 is 4.90 Å². The van der Waals surface area contributed by atoms with Gasteiger partial charge >= 0.3 is 0 Å². The number of hydrogen-bond donors (Lipinski definition) is 0. The van der Waals surface area contributed by atoms with Crippen LogP contribution in [0.3, 0.4) is 0 Å². The van der Waals surface area contributed by atoms with Crippen molar-refractivity contribution in [3.05, 3.63) is 229 Å². The first-order valence-electron chi connectivity index (χ1n) is 19.8. The zero-order chi connectivity index (χ0) is 37.7. The van der Waals surface area contributed by atoms with Crippen molar-refractivity contribution >= 4 is 39.2 Å². The molecule has 9 aromatic carbocycles. The second kappa shape index (κ2) is 13.8. The third-order valence-corrected chi connectivity index (χ3v) is 11.7. The molecule has 1 heterocycles. The van der Waals surface area contributed by atoms with E-state index in [-0.39, 0.29) is 0 Å². The number of rotatable bonds is 7. The van der Waals surface area contributed by atoms with Crippen LogP contribution < -0.4 is 4.90 Å². The lowest BCUT2D eigenvalue weighted by Gasteiger charge is -2.26. The summed E-state index contributed by atoms with van der Waals surface area (Å²) in [5.41, 5.74) is 21.0. The predicted molar refractivity (Wildman–Crippen MR) is 240 cm³/mol. The number of aliphatic imine (C=N–C) groups is 1. The molecule has 57 heavy (non-hydrogen) atoms. The maximum absolute atomic E-state index is 4.91. The largest absolute Gasteiger partial charge is 0.311 e. The normalized spacial score (nSPS) is 12.5. The van der Waals surface area contributed by atoms with Crippen LogP contribution in [0.5, 0.6) is 0 Å². The molecule has 1 aliphatic carbocycles. The van der Waals surface area contributed by atoms with Crippen LogP contribution >= 0.6 is 0 Å². The molecule has 268 valence electrons. The number of fused-ring (bicyclic) bond motifs is 6. The number of nitrogens with zero attached hydrogens (tertiary/aromatic N) is 2. The number of hydrogen-bond acceptors (Lipinski definition) is 2. The first-order valence-corrected chi connectivity index (χ1v) is 19.8. The van der Waals surface area contributed by atoms with E-state index >= 15 is 0 Å². The molecule has 0 saturated heterocycles. The summed E-state index contributed by atoms with van der Waals surface area (Å²) in [6.07, 6.45) is 1.81. The third-order valence-electron chi connectivity index (χ3n) is 11.7. The smallest absolute Gasteiger partial charge is 0.0669 e. The van der Waals surface area contributed by atoms with Crippen molar-refractivity contribution in [1.29, 1.82) is 0 Å². The second-order valence-corrected chi connectivity index (χ2v) is 15.1. The van der Waals surface area contributed by atoms with Gasteiger partial charge in [-0.05, 0) is 132 Å². The first kappa shape index (κ1) is 33.1. The van der Waals surface area contributed by atoms with Gasteiger partial charge in [-0.2, -0.15) is 0 Å². The van der Waals surface area contributed by atoms with Gasteiger partial charge in [0.05, 0.1) is 11.4 Å². The van der Waals surface area contributed by atoms with Crippen LogP contribution in [-0.2, 0) is 12.8 Å². The topological polar surface area (TPSA) is 15.6 Å². The number of anilines is 3. The summed E-state index contributed by atoms with van der Waals surface area (Å²) in [6.45, 7) is 0. The van der Waals surface area contributed by atoms with Crippen molar-refractivity contribution in [2.45, 2.75) is 12.8 Å². The van der Waals surface area contributed by atoms with E-state index in [1.54, 1.807) is 0 Å². The third kappa shape index (κ3) is 5.94. The molecule has 0 unspecified atom stereocenters. The van der Waals surface area contributed by atoms with Crippen molar-refractivity contribution in [2.24, 2.45) is 4.99 Å². The van der Waals surface area contributed by atoms with E-state index in [0.29, 0.717) is 0 Å². The number of benzene rings is 9. The quantitative estimate of drug-likeness (QED) is 0.160. The molecule has 11 rings (SSSR count). The van der Waals surface area contributed by atoms with Gasteiger partial charge in [-0.25, -0.2) is 0 Å². The molecule has 0 amide bonds. The second-order valence-electron chi connectivity index (χ2n) is 15.1. The summed E-state index contributed by atoms with van der Waals surface area (Å²) in [6, 6.07) is 75.0. The molecule has 0 spiro atoms. The van der Waals surface area contributed by atoms with E-state index in [9.17, 15) is 0 Å². The maximum atomic E-state index is 4.91. The Bertz CT molecular complexity index is 2960. The first-order chi connectivity index (χ1) is 28.2. The molecule has 2 aliphatic rings. The zero-order valence-electron chi connectivity index (χ0n) is 31.4. The van der Waals surface area contributed by atoms with Crippen LogP contribution in [0.2, 0.25) is 0 Å². The SMILES string of the molecule is c1ccc(-c2ccc(N(c3ccccc3)c3ccc(-c4cc5c(c6ccccc46)-c4ccc(-c6ccc(C7=Nc8ccccc8C7)cc6)cc4C5)cc3)cc2)cc1. The van der Waals surface area contributed by atoms with E-state index in [1.165, 1.54) is 77.5 Å². The summed E-state index contributed by atoms with van der Waals surface area (Å²) >= 11 is 0. The average Bonchev–Trinajstić information content (AvgIpc) is 3.89. The van der Waals surface area contributed by atoms with Crippen molar-refractivity contribution in [1.82, 2.24) is 0 Å². The maximum Gasteiger partial charge on any atom is 0.0669 e. The average molecular weight is 727 g/mol. The van der Waals surface area contributed by atoms with Crippen LogP contribution in [0.1, 0.15) is 22.3 Å². The zero-order valence-corrected chi connectivity index (χ0v) is 31.4. The minimum absolute atomic E-state index is 0.892. The van der Waals surface area contributed by atoms with Crippen molar-refractivity contribution < 1.29 is 0 Å². The summed E-state index contributed by atoms with van der Waals surface area (Å²) in [7, 11) is 0. The molecule has 1 aliphatic heterocycles. The van der Waals surface area contributed by atoms with Crippen molar-refractivity contribution in [3.8, 4) is 44.5 Å². The summed E-state index contributed by atoms with van der Waals surface area (Å²) in [4.78, 5) is 7.25. The summed E-state index contributed by atoms with van der Waals surface area (Å²) in [5, 5.41) is 2.59. The highest BCUT2D eigenvalue weighted by atomic mass is 15.1. The van der Waals surface area contributed by atoms with Crippen LogP contribution in [0, 0.1) is 0 Å². The lowest BCUT2D eigenvalue weighted by atomic mass is 9.90. The van der Waals surface area contributed by atoms with Crippen molar-refractivity contribution in [2.75, 3.05) is 4.90 Å². The van der Waals surface area contributed by atoms with Gasteiger partial charge in [0.15, 0.2) is 0 Å². The Morgan fingerprint density at radius 3 is 1.61 bits per heavy atom. The van der Waals surface area contributed by atoms with Gasteiger partial charge in [0, 0.05) is 23.5 Å². The molecule has 9 aromatic rings. The van der Waals surface area contributed by atoms with E-state index in [1.807, 2.05) is 0 Å². The van der Waals surface area contributed by atoms with Crippen molar-refractivity contribution in [3.63, 3.8) is 0 Å². The molecule has 0 aromatic heterocycles. The molecule has 0 atom stereocenters. The van der Waals surface area contributed by atoms with E-state index in [4.69, 9.17) is 4.99 Å². The van der Waals surface area contributed by atoms with E-state index in [2.05, 4.69) is 211 Å². The minimum atomic E-state index is 0.892. The fourth-order valence-electron chi connectivity index (χ4n) is 8.90. The Hall–Kier alpha value is -7.29. The molecular formula is C55H38N2. The summed E-state index contributed by atoms with van der Waals surface area (Å²) in [5.74, 6) is 0. The predicted octanol–water partition coefficient (Wildman–Crippen LogP) is 14.6. The molecule has 0 bridgehead atoms. The van der Waals surface area contributed by atoms with E-state index in [0.717, 1.165) is 41.3 Å². The van der Waals surface area contributed by atoms with Crippen LogP contribution in [0.15, 0.2) is 211 Å². The van der Waals surface area contributed by atoms with Gasteiger partial charge in [-0.1, -0.05) is 158 Å². The molecular weight excluding hydrogens is 689 g/mol. The molecule has 0 saturated carbocycles. The summed E-state index contributed by atoms with van der Waals surface area (Å²) < 4.78 is 0. The van der Waals surface area contributed by atoms with Crippen LogP contribution in [0.25, 0.3) is 55.3 Å². The fraction of sp³-hybridized carbons (Fsp3) is 0.0364. The Kier molecular flexibility index (Phi) is 8.00.